The van der Waals surface area contributed by atoms with E-state index in [9.17, 15) is 27.2 Å². The van der Waals surface area contributed by atoms with Gasteiger partial charge in [-0.05, 0) is 63.1 Å². The van der Waals surface area contributed by atoms with Crippen LogP contribution in [0.2, 0.25) is 0 Å². The Morgan fingerprint density at radius 3 is 2.52 bits per heavy atom. The molecule has 1 atom stereocenters. The monoisotopic (exact) mass is 442 g/mol. The van der Waals surface area contributed by atoms with Crippen LogP contribution in [0.15, 0.2) is 18.2 Å². The van der Waals surface area contributed by atoms with Crippen molar-refractivity contribution in [2.45, 2.75) is 63.3 Å². The maximum atomic E-state index is 13.3. The van der Waals surface area contributed by atoms with E-state index < -0.39 is 23.7 Å². The molecule has 1 N–H and O–H groups in total. The average molecular weight is 442 g/mol. The molecule has 1 aromatic rings. The van der Waals surface area contributed by atoms with Gasteiger partial charge in [-0.3, -0.25) is 9.59 Å². The third kappa shape index (κ3) is 4.50. The summed E-state index contributed by atoms with van der Waals surface area (Å²) in [5, 5.41) is 2.99. The highest BCUT2D eigenvalue weighted by Crippen LogP contribution is 2.45. The van der Waals surface area contributed by atoms with Crippen molar-refractivity contribution in [3.63, 3.8) is 0 Å². The standard InChI is InChI=1S/C22H26F4N2O3/c1-13(31-18-3-2-16(23)10-17(18)22(24,25)26)14-5-8-28(9-6-14)20(30)15-11-21(12-15)7-4-19(29)27-21/h2-3,10,13-15H,4-9,11-12H2,1H3,(H,27,29)/t13?,15-,21+. The van der Waals surface area contributed by atoms with Gasteiger partial charge in [-0.25, -0.2) is 4.39 Å². The Labute approximate surface area is 178 Å². The molecule has 1 spiro atoms. The number of amides is 2. The second-order valence-electron chi connectivity index (χ2n) is 9.06. The topological polar surface area (TPSA) is 58.6 Å². The van der Waals surface area contributed by atoms with E-state index in [1.165, 1.54) is 0 Å². The fourth-order valence-corrected chi connectivity index (χ4v) is 5.11. The fraction of sp³-hybridized carbons (Fsp3) is 0.636. The van der Waals surface area contributed by atoms with E-state index in [2.05, 4.69) is 5.32 Å². The summed E-state index contributed by atoms with van der Waals surface area (Å²) in [6, 6.07) is 2.42. The Kier molecular flexibility index (Phi) is 5.64. The molecule has 0 bridgehead atoms. The van der Waals surface area contributed by atoms with Gasteiger partial charge in [-0.2, -0.15) is 13.2 Å². The molecule has 3 aliphatic rings. The summed E-state index contributed by atoms with van der Waals surface area (Å²) in [5.74, 6) is -1.27. The Bertz CT molecular complexity index is 859. The molecule has 2 saturated heterocycles. The van der Waals surface area contributed by atoms with Gasteiger partial charge in [0.25, 0.3) is 0 Å². The van der Waals surface area contributed by atoms with Crippen molar-refractivity contribution in [2.24, 2.45) is 11.8 Å². The van der Waals surface area contributed by atoms with Crippen LogP contribution < -0.4 is 10.1 Å². The van der Waals surface area contributed by atoms with E-state index in [1.54, 1.807) is 6.92 Å². The van der Waals surface area contributed by atoms with Gasteiger partial charge in [0.15, 0.2) is 0 Å². The van der Waals surface area contributed by atoms with Crippen LogP contribution in [0.3, 0.4) is 0 Å². The van der Waals surface area contributed by atoms with Crippen LogP contribution in [-0.2, 0) is 15.8 Å². The Balaban J connectivity index is 1.29. The number of nitrogens with one attached hydrogen (secondary N) is 1. The van der Waals surface area contributed by atoms with Crippen molar-refractivity contribution in [2.75, 3.05) is 13.1 Å². The van der Waals surface area contributed by atoms with Crippen LogP contribution in [0.5, 0.6) is 5.75 Å². The zero-order chi connectivity index (χ0) is 22.4. The molecular formula is C22H26F4N2O3. The number of piperidine rings is 1. The van der Waals surface area contributed by atoms with Gasteiger partial charge >= 0.3 is 6.18 Å². The third-order valence-electron chi connectivity index (χ3n) is 6.93. The first-order chi connectivity index (χ1) is 14.6. The quantitative estimate of drug-likeness (QED) is 0.720. The molecule has 1 aliphatic carbocycles. The molecule has 1 saturated carbocycles. The predicted octanol–water partition coefficient (Wildman–Crippen LogP) is 3.91. The lowest BCUT2D eigenvalue weighted by Crippen LogP contribution is -2.57. The summed E-state index contributed by atoms with van der Waals surface area (Å²) < 4.78 is 58.5. The number of hydrogen-bond donors (Lipinski definition) is 1. The summed E-state index contributed by atoms with van der Waals surface area (Å²) in [4.78, 5) is 26.0. The molecule has 2 aliphatic heterocycles. The molecule has 9 heteroatoms. The van der Waals surface area contributed by atoms with Crippen LogP contribution >= 0.6 is 0 Å². The Hall–Kier alpha value is -2.32. The molecule has 1 aromatic carbocycles. The highest BCUT2D eigenvalue weighted by Gasteiger charge is 2.51. The first-order valence-corrected chi connectivity index (χ1v) is 10.7. The number of likely N-dealkylation sites (tertiary alicyclic amines) is 1. The lowest BCUT2D eigenvalue weighted by Gasteiger charge is -2.46. The number of ether oxygens (including phenoxy) is 1. The van der Waals surface area contributed by atoms with Gasteiger partial charge in [0.2, 0.25) is 11.8 Å². The van der Waals surface area contributed by atoms with Crippen molar-refractivity contribution in [1.82, 2.24) is 10.2 Å². The summed E-state index contributed by atoms with van der Waals surface area (Å²) in [6.07, 6.45) is -1.27. The minimum absolute atomic E-state index is 0.00274. The predicted molar refractivity (Wildman–Crippen MR) is 104 cm³/mol. The maximum absolute atomic E-state index is 13.3. The van der Waals surface area contributed by atoms with Crippen molar-refractivity contribution in [3.05, 3.63) is 29.6 Å². The van der Waals surface area contributed by atoms with Crippen LogP contribution in [0.1, 0.15) is 51.0 Å². The van der Waals surface area contributed by atoms with E-state index >= 15 is 0 Å². The van der Waals surface area contributed by atoms with Gasteiger partial charge < -0.3 is 15.0 Å². The minimum atomic E-state index is -4.70. The number of benzene rings is 1. The molecule has 2 heterocycles. The number of alkyl halides is 3. The summed E-state index contributed by atoms with van der Waals surface area (Å²) in [6.45, 7) is 2.77. The number of carbonyl (C=O) groups is 2. The Morgan fingerprint density at radius 1 is 1.26 bits per heavy atom. The number of carbonyl (C=O) groups excluding carboxylic acids is 2. The van der Waals surface area contributed by atoms with Crippen molar-refractivity contribution < 1.29 is 31.9 Å². The number of nitrogens with zero attached hydrogens (tertiary/aromatic N) is 1. The van der Waals surface area contributed by atoms with Gasteiger partial charge in [-0.1, -0.05) is 0 Å². The van der Waals surface area contributed by atoms with Crippen LogP contribution in [0, 0.1) is 17.7 Å². The number of hydrogen-bond acceptors (Lipinski definition) is 3. The van der Waals surface area contributed by atoms with E-state index in [1.807, 2.05) is 4.90 Å². The molecule has 3 fully saturated rings. The van der Waals surface area contributed by atoms with Crippen LogP contribution in [0.4, 0.5) is 17.6 Å². The summed E-state index contributed by atoms with van der Waals surface area (Å²) >= 11 is 0. The SMILES string of the molecule is CC(Oc1ccc(F)cc1C(F)(F)F)C1CCN(C(=O)[C@H]2C[C@]3(CCC(=O)N3)C2)CC1. The average Bonchev–Trinajstić information content (AvgIpc) is 3.09. The molecule has 170 valence electrons. The smallest absolute Gasteiger partial charge is 0.420 e. The maximum Gasteiger partial charge on any atom is 0.420 e. The summed E-state index contributed by atoms with van der Waals surface area (Å²) in [7, 11) is 0. The summed E-state index contributed by atoms with van der Waals surface area (Å²) in [5.41, 5.74) is -1.31. The van der Waals surface area contributed by atoms with Crippen molar-refractivity contribution >= 4 is 11.8 Å². The van der Waals surface area contributed by atoms with Gasteiger partial charge in [0.05, 0.1) is 6.10 Å². The second kappa shape index (κ2) is 7.98. The van der Waals surface area contributed by atoms with Gasteiger partial charge in [0.1, 0.15) is 17.1 Å². The molecule has 4 rings (SSSR count). The number of rotatable bonds is 4. The minimum Gasteiger partial charge on any atom is -0.490 e. The van der Waals surface area contributed by atoms with Crippen LogP contribution in [0.25, 0.3) is 0 Å². The van der Waals surface area contributed by atoms with E-state index in [0.29, 0.717) is 51.3 Å². The lowest BCUT2D eigenvalue weighted by molar-refractivity contribution is -0.144. The highest BCUT2D eigenvalue weighted by atomic mass is 19.4. The number of halogens is 4. The van der Waals surface area contributed by atoms with E-state index in [-0.39, 0.29) is 34.9 Å². The first-order valence-electron chi connectivity index (χ1n) is 10.7. The molecule has 5 nitrogen and oxygen atoms in total. The highest BCUT2D eigenvalue weighted by molar-refractivity contribution is 5.83. The van der Waals surface area contributed by atoms with Crippen molar-refractivity contribution in [1.29, 1.82) is 0 Å². The second-order valence-corrected chi connectivity index (χ2v) is 9.06. The largest absolute Gasteiger partial charge is 0.490 e. The lowest BCUT2D eigenvalue weighted by atomic mass is 9.67. The Morgan fingerprint density at radius 2 is 1.94 bits per heavy atom. The molecular weight excluding hydrogens is 416 g/mol. The fourth-order valence-electron chi connectivity index (χ4n) is 5.11. The van der Waals surface area contributed by atoms with E-state index in [0.717, 1.165) is 18.6 Å². The molecule has 0 aromatic heterocycles. The first kappa shape index (κ1) is 21.9. The molecule has 31 heavy (non-hydrogen) atoms. The molecule has 1 unspecified atom stereocenters. The van der Waals surface area contributed by atoms with Gasteiger partial charge in [-0.15, -0.1) is 0 Å². The zero-order valence-corrected chi connectivity index (χ0v) is 17.3. The van der Waals surface area contributed by atoms with E-state index in [4.69, 9.17) is 4.74 Å². The molecule has 2 amide bonds. The third-order valence-corrected chi connectivity index (χ3v) is 6.93. The normalized spacial score (nSPS) is 27.7. The molecule has 0 radical (unpaired) electrons. The van der Waals surface area contributed by atoms with Crippen molar-refractivity contribution in [3.8, 4) is 5.75 Å². The zero-order valence-electron chi connectivity index (χ0n) is 17.3. The van der Waals surface area contributed by atoms with Gasteiger partial charge in [0, 0.05) is 31.0 Å². The van der Waals surface area contributed by atoms with Crippen LogP contribution in [-0.4, -0.2) is 41.4 Å².